The number of aromatic nitrogens is 2. The predicted octanol–water partition coefficient (Wildman–Crippen LogP) is 5.46. The second-order valence-corrected chi connectivity index (χ2v) is 11.7. The molecule has 1 unspecified atom stereocenters. The topological polar surface area (TPSA) is 81.3 Å². The lowest BCUT2D eigenvalue weighted by molar-refractivity contribution is -0.131. The first-order valence-corrected chi connectivity index (χ1v) is 13.3. The highest BCUT2D eigenvalue weighted by Gasteiger charge is 2.30. The summed E-state index contributed by atoms with van der Waals surface area (Å²) in [6.07, 6.45) is 1.44. The largest absolute Gasteiger partial charge is 0.424 e. The highest BCUT2D eigenvalue weighted by Crippen LogP contribution is 2.37. The molecule has 3 rings (SSSR count). The number of ketones is 1. The Labute approximate surface area is 188 Å². The van der Waals surface area contributed by atoms with Crippen LogP contribution in [-0.4, -0.2) is 30.8 Å². The number of fused-ring (bicyclic) bond motifs is 1. The van der Waals surface area contributed by atoms with Crippen LogP contribution in [0.15, 0.2) is 36.5 Å². The van der Waals surface area contributed by atoms with Crippen LogP contribution in [0.1, 0.15) is 55.5 Å². The van der Waals surface area contributed by atoms with Gasteiger partial charge in [-0.2, -0.15) is 0 Å². The minimum Gasteiger partial charge on any atom is -0.424 e. The van der Waals surface area contributed by atoms with Crippen LogP contribution in [0.5, 0.6) is 5.75 Å². The Bertz CT molecular complexity index is 1130. The van der Waals surface area contributed by atoms with E-state index < -0.39 is 15.0 Å². The molecule has 0 radical (unpaired) electrons. The van der Waals surface area contributed by atoms with E-state index in [0.29, 0.717) is 15.9 Å². The van der Waals surface area contributed by atoms with E-state index in [0.717, 1.165) is 5.56 Å². The van der Waals surface area contributed by atoms with Gasteiger partial charge in [0.05, 0.1) is 11.6 Å². The Morgan fingerprint density at radius 2 is 1.87 bits per heavy atom. The molecule has 1 N–H and O–H groups in total. The average molecular weight is 459 g/mol. The second kappa shape index (κ2) is 8.94. The zero-order chi connectivity index (χ0) is 22.9. The molecule has 0 saturated heterocycles. The molecule has 31 heavy (non-hydrogen) atoms. The fraction of sp³-hybridized carbons (Fsp3) is 0.348. The number of carbonyl (C=O) groups is 2. The SMILES string of the molecule is CC(=O)Oc1c(C(=O)c2cc(C(O[SiH](C)C)C(C)(C)C)ccn2)[nH]c2cc(Cl)ccc12. The van der Waals surface area contributed by atoms with Crippen LogP contribution in [-0.2, 0) is 9.22 Å². The van der Waals surface area contributed by atoms with Gasteiger partial charge in [0.25, 0.3) is 0 Å². The van der Waals surface area contributed by atoms with E-state index in [1.807, 2.05) is 6.07 Å². The molecule has 8 heteroatoms. The number of nitrogens with one attached hydrogen (secondary N) is 1. The standard InChI is InChI=1S/C23H27ClN2O4Si/c1-13(27)29-21-16-8-7-15(24)12-17(16)26-19(21)20(28)18-11-14(9-10-25-18)22(23(2,3)4)30-31(5)6/h7-12,22,26,31H,1-6H3. The maximum absolute atomic E-state index is 13.4. The fourth-order valence-electron chi connectivity index (χ4n) is 3.47. The van der Waals surface area contributed by atoms with Crippen LogP contribution in [0.4, 0.5) is 0 Å². The van der Waals surface area contributed by atoms with Crippen molar-refractivity contribution in [2.45, 2.75) is 46.9 Å². The van der Waals surface area contributed by atoms with Crippen molar-refractivity contribution in [2.24, 2.45) is 5.41 Å². The molecule has 0 aliphatic rings. The Morgan fingerprint density at radius 3 is 2.48 bits per heavy atom. The molecule has 0 aliphatic carbocycles. The normalized spacial score (nSPS) is 12.9. The van der Waals surface area contributed by atoms with Crippen LogP contribution in [0.3, 0.4) is 0 Å². The van der Waals surface area contributed by atoms with E-state index >= 15 is 0 Å². The van der Waals surface area contributed by atoms with Gasteiger partial charge in [0, 0.05) is 23.5 Å². The number of nitrogens with zero attached hydrogens (tertiary/aromatic N) is 1. The monoisotopic (exact) mass is 458 g/mol. The summed E-state index contributed by atoms with van der Waals surface area (Å²) in [6, 6.07) is 8.70. The zero-order valence-electron chi connectivity index (χ0n) is 18.6. The first-order valence-electron chi connectivity index (χ1n) is 10.1. The van der Waals surface area contributed by atoms with Gasteiger partial charge in [0.1, 0.15) is 11.4 Å². The molecule has 0 fully saturated rings. The summed E-state index contributed by atoms with van der Waals surface area (Å²) >= 11 is 6.09. The molecule has 0 amide bonds. The van der Waals surface area contributed by atoms with Crippen molar-refractivity contribution in [3.05, 3.63) is 58.5 Å². The van der Waals surface area contributed by atoms with Crippen LogP contribution < -0.4 is 4.74 Å². The Balaban J connectivity index is 2.08. The van der Waals surface area contributed by atoms with Crippen molar-refractivity contribution in [2.75, 3.05) is 0 Å². The third-order valence-electron chi connectivity index (χ3n) is 4.70. The Morgan fingerprint density at radius 1 is 1.16 bits per heavy atom. The van der Waals surface area contributed by atoms with Gasteiger partial charge in [0.2, 0.25) is 5.78 Å². The van der Waals surface area contributed by atoms with Crippen molar-refractivity contribution in [1.29, 1.82) is 0 Å². The van der Waals surface area contributed by atoms with Crippen LogP contribution in [0.2, 0.25) is 18.1 Å². The molecular formula is C23H27ClN2O4Si. The number of ether oxygens (including phenoxy) is 1. The van der Waals surface area contributed by atoms with Crippen molar-refractivity contribution in [1.82, 2.24) is 9.97 Å². The lowest BCUT2D eigenvalue weighted by Gasteiger charge is -2.33. The minimum atomic E-state index is -1.33. The quantitative estimate of drug-likeness (QED) is 0.301. The molecule has 2 heterocycles. The Hall–Kier alpha value is -2.48. The first-order chi connectivity index (χ1) is 14.5. The fourth-order valence-corrected chi connectivity index (χ4v) is 4.75. The van der Waals surface area contributed by atoms with Gasteiger partial charge in [-0.3, -0.25) is 14.6 Å². The minimum absolute atomic E-state index is 0.153. The number of rotatable bonds is 6. The number of pyridine rings is 1. The summed E-state index contributed by atoms with van der Waals surface area (Å²) in [5.74, 6) is -0.718. The number of H-pyrrole nitrogens is 1. The van der Waals surface area contributed by atoms with Gasteiger partial charge >= 0.3 is 5.97 Å². The van der Waals surface area contributed by atoms with Crippen molar-refractivity contribution in [3.8, 4) is 5.75 Å². The van der Waals surface area contributed by atoms with Crippen LogP contribution in [0.25, 0.3) is 10.9 Å². The van der Waals surface area contributed by atoms with Crippen molar-refractivity contribution >= 4 is 43.3 Å². The number of hydrogen-bond acceptors (Lipinski definition) is 5. The van der Waals surface area contributed by atoms with Gasteiger partial charge in [-0.1, -0.05) is 32.4 Å². The predicted molar refractivity (Wildman–Crippen MR) is 124 cm³/mol. The van der Waals surface area contributed by atoms with E-state index in [2.05, 4.69) is 43.8 Å². The smallest absolute Gasteiger partial charge is 0.308 e. The maximum atomic E-state index is 13.4. The summed E-state index contributed by atoms with van der Waals surface area (Å²) in [6.45, 7) is 11.9. The van der Waals surface area contributed by atoms with E-state index in [-0.39, 0.29) is 34.4 Å². The zero-order valence-corrected chi connectivity index (χ0v) is 20.5. The van der Waals surface area contributed by atoms with E-state index in [9.17, 15) is 9.59 Å². The van der Waals surface area contributed by atoms with E-state index in [1.54, 1.807) is 30.5 Å². The molecule has 164 valence electrons. The van der Waals surface area contributed by atoms with Gasteiger partial charge in [-0.25, -0.2) is 0 Å². The number of halogens is 1. The molecule has 0 spiro atoms. The van der Waals surface area contributed by atoms with Gasteiger partial charge in [-0.15, -0.1) is 0 Å². The Kier molecular flexibility index (Phi) is 6.69. The summed E-state index contributed by atoms with van der Waals surface area (Å²) in [4.78, 5) is 32.4. The van der Waals surface area contributed by atoms with Crippen molar-refractivity contribution in [3.63, 3.8) is 0 Å². The molecular weight excluding hydrogens is 432 g/mol. The van der Waals surface area contributed by atoms with Gasteiger partial charge in [-0.05, 0) is 54.4 Å². The third-order valence-corrected chi connectivity index (χ3v) is 5.75. The van der Waals surface area contributed by atoms with Gasteiger partial charge in [0.15, 0.2) is 14.8 Å². The third kappa shape index (κ3) is 5.23. The second-order valence-electron chi connectivity index (χ2n) is 8.85. The van der Waals surface area contributed by atoms with Gasteiger partial charge < -0.3 is 14.1 Å². The highest BCUT2D eigenvalue weighted by atomic mass is 35.5. The number of hydrogen-bond donors (Lipinski definition) is 1. The van der Waals surface area contributed by atoms with Crippen molar-refractivity contribution < 1.29 is 18.8 Å². The number of carbonyl (C=O) groups excluding carboxylic acids is 2. The summed E-state index contributed by atoms with van der Waals surface area (Å²) in [5, 5.41) is 1.10. The molecule has 1 aromatic carbocycles. The summed E-state index contributed by atoms with van der Waals surface area (Å²) in [5.41, 5.74) is 1.74. The first kappa shape index (κ1) is 23.2. The van der Waals surface area contributed by atoms with Crippen LogP contribution in [0, 0.1) is 5.41 Å². The lowest BCUT2D eigenvalue weighted by Crippen LogP contribution is -2.26. The molecule has 0 saturated carbocycles. The van der Waals surface area contributed by atoms with Crippen LogP contribution >= 0.6 is 11.6 Å². The lowest BCUT2D eigenvalue weighted by atomic mass is 9.85. The molecule has 0 bridgehead atoms. The maximum Gasteiger partial charge on any atom is 0.308 e. The number of esters is 1. The average Bonchev–Trinajstić information content (AvgIpc) is 3.01. The summed E-state index contributed by atoms with van der Waals surface area (Å²) < 4.78 is 11.7. The molecule has 2 aromatic heterocycles. The summed E-state index contributed by atoms with van der Waals surface area (Å²) in [7, 11) is -1.33. The molecule has 6 nitrogen and oxygen atoms in total. The number of aromatic amines is 1. The highest BCUT2D eigenvalue weighted by molar-refractivity contribution is 6.48. The van der Waals surface area contributed by atoms with E-state index in [1.165, 1.54) is 6.92 Å². The number of benzene rings is 1. The molecule has 0 aliphatic heterocycles. The van der Waals surface area contributed by atoms with E-state index in [4.69, 9.17) is 20.8 Å². The molecule has 3 aromatic rings. The molecule has 1 atom stereocenters.